The van der Waals surface area contributed by atoms with Gasteiger partial charge in [-0.2, -0.15) is 0 Å². The highest BCUT2D eigenvalue weighted by Crippen LogP contribution is 2.71. The highest BCUT2D eigenvalue weighted by atomic mass is 16.2. The molecule has 0 spiro atoms. The Morgan fingerprint density at radius 1 is 1.15 bits per heavy atom. The molecule has 3 aliphatic rings. The Morgan fingerprint density at radius 2 is 1.75 bits per heavy atom. The number of hydrogen-bond donors (Lipinski definition) is 0. The lowest BCUT2D eigenvalue weighted by Gasteiger charge is -2.43. The van der Waals surface area contributed by atoms with Gasteiger partial charge in [-0.15, -0.1) is 0 Å². The first-order valence-corrected chi connectivity index (χ1v) is 8.07. The van der Waals surface area contributed by atoms with Crippen molar-refractivity contribution in [1.29, 1.82) is 0 Å². The van der Waals surface area contributed by atoms with E-state index in [1.54, 1.807) is 0 Å². The third-order valence-corrected chi connectivity index (χ3v) is 7.19. The van der Waals surface area contributed by atoms with E-state index in [9.17, 15) is 9.59 Å². The molecule has 0 radical (unpaired) electrons. The maximum absolute atomic E-state index is 13.2. The Morgan fingerprint density at radius 3 is 2.20 bits per heavy atom. The van der Waals surface area contributed by atoms with Gasteiger partial charge in [0.25, 0.3) is 0 Å². The lowest BCUT2D eigenvalue weighted by atomic mass is 9.64. The molecule has 1 saturated heterocycles. The van der Waals surface area contributed by atoms with Gasteiger partial charge in [-0.05, 0) is 37.0 Å². The van der Waals surface area contributed by atoms with E-state index in [1.165, 1.54) is 0 Å². The van der Waals surface area contributed by atoms with Crippen molar-refractivity contribution < 1.29 is 9.59 Å². The number of hydrogen-bond acceptors (Lipinski definition) is 2. The van der Waals surface area contributed by atoms with Crippen LogP contribution in [-0.4, -0.2) is 29.7 Å². The number of ketones is 1. The Balaban J connectivity index is 1.90. The number of amides is 1. The van der Waals surface area contributed by atoms with E-state index < -0.39 is 5.41 Å². The summed E-state index contributed by atoms with van der Waals surface area (Å²) in [5.41, 5.74) is -0.900. The first-order valence-electron chi connectivity index (χ1n) is 8.07. The average Bonchev–Trinajstić information content (AvgIpc) is 2.69. The van der Waals surface area contributed by atoms with Crippen LogP contribution in [0.4, 0.5) is 0 Å². The molecule has 20 heavy (non-hydrogen) atoms. The molecule has 0 aromatic carbocycles. The molecule has 2 atom stereocenters. The Labute approximate surface area is 122 Å². The maximum atomic E-state index is 13.2. The van der Waals surface area contributed by atoms with Crippen molar-refractivity contribution in [3.8, 4) is 0 Å². The minimum absolute atomic E-state index is 0.197. The predicted octanol–water partition coefficient (Wildman–Crippen LogP) is 3.03. The van der Waals surface area contributed by atoms with Crippen LogP contribution in [0.1, 0.15) is 59.8 Å². The third kappa shape index (κ3) is 1.47. The van der Waals surface area contributed by atoms with Crippen molar-refractivity contribution >= 4 is 11.7 Å². The van der Waals surface area contributed by atoms with Crippen molar-refractivity contribution in [2.24, 2.45) is 22.2 Å². The lowest BCUT2D eigenvalue weighted by molar-refractivity contribution is -0.149. The second kappa shape index (κ2) is 4.08. The zero-order valence-electron chi connectivity index (χ0n) is 13.3. The highest BCUT2D eigenvalue weighted by Gasteiger charge is 2.72. The number of fused-ring (bicyclic) bond motifs is 2. The fourth-order valence-corrected chi connectivity index (χ4v) is 4.85. The number of Topliss-reactive ketones (excluding diaryl/α,β-unsaturated/α-hetero) is 1. The Hall–Kier alpha value is -0.860. The number of rotatable bonds is 1. The van der Waals surface area contributed by atoms with Crippen LogP contribution in [-0.2, 0) is 9.59 Å². The molecule has 2 saturated carbocycles. The maximum Gasteiger partial charge on any atom is 0.229 e. The van der Waals surface area contributed by atoms with Crippen LogP contribution in [0, 0.1) is 22.2 Å². The van der Waals surface area contributed by atoms with Crippen LogP contribution < -0.4 is 0 Å². The molecule has 0 aromatic heterocycles. The summed E-state index contributed by atoms with van der Waals surface area (Å²) in [5, 5.41) is 0. The summed E-state index contributed by atoms with van der Waals surface area (Å²) in [6.07, 6.45) is 4.46. The minimum Gasteiger partial charge on any atom is -0.342 e. The van der Waals surface area contributed by atoms with Gasteiger partial charge in [-0.1, -0.05) is 27.7 Å². The van der Waals surface area contributed by atoms with Crippen LogP contribution in [0.3, 0.4) is 0 Å². The van der Waals surface area contributed by atoms with E-state index in [2.05, 4.69) is 27.7 Å². The molecule has 2 aliphatic carbocycles. The molecule has 1 heterocycles. The molecule has 2 bridgehead atoms. The summed E-state index contributed by atoms with van der Waals surface area (Å²) >= 11 is 0. The molecular formula is C17H27NO2. The van der Waals surface area contributed by atoms with Gasteiger partial charge in [0.2, 0.25) is 5.91 Å². The van der Waals surface area contributed by atoms with Crippen LogP contribution in [0.2, 0.25) is 0 Å². The quantitative estimate of drug-likeness (QED) is 0.739. The highest BCUT2D eigenvalue weighted by molar-refractivity contribution is 5.99. The van der Waals surface area contributed by atoms with Gasteiger partial charge in [0, 0.05) is 24.9 Å². The van der Waals surface area contributed by atoms with Crippen LogP contribution in [0.5, 0.6) is 0 Å². The van der Waals surface area contributed by atoms with Crippen molar-refractivity contribution in [3.63, 3.8) is 0 Å². The number of likely N-dealkylation sites (tertiary alicyclic amines) is 1. The van der Waals surface area contributed by atoms with E-state index in [4.69, 9.17) is 0 Å². The van der Waals surface area contributed by atoms with Crippen molar-refractivity contribution in [2.75, 3.05) is 13.1 Å². The number of piperidine rings is 1. The van der Waals surface area contributed by atoms with Crippen molar-refractivity contribution in [1.82, 2.24) is 4.90 Å². The van der Waals surface area contributed by atoms with Crippen LogP contribution in [0.15, 0.2) is 0 Å². The molecule has 3 rings (SSSR count). The van der Waals surface area contributed by atoms with E-state index in [0.29, 0.717) is 12.2 Å². The van der Waals surface area contributed by atoms with Gasteiger partial charge >= 0.3 is 0 Å². The van der Waals surface area contributed by atoms with Gasteiger partial charge in [0.15, 0.2) is 0 Å². The summed E-state index contributed by atoms with van der Waals surface area (Å²) in [4.78, 5) is 27.7. The fraction of sp³-hybridized carbons (Fsp3) is 0.882. The van der Waals surface area contributed by atoms with Gasteiger partial charge in [-0.3, -0.25) is 9.59 Å². The van der Waals surface area contributed by atoms with Crippen LogP contribution >= 0.6 is 0 Å². The number of carbonyl (C=O) groups is 2. The van der Waals surface area contributed by atoms with Gasteiger partial charge in [-0.25, -0.2) is 0 Å². The molecule has 2 unspecified atom stereocenters. The molecule has 3 nitrogen and oxygen atoms in total. The molecular weight excluding hydrogens is 250 g/mol. The van der Waals surface area contributed by atoms with E-state index in [-0.39, 0.29) is 16.7 Å². The Bertz CT molecular complexity index is 462. The second-order valence-electron chi connectivity index (χ2n) is 8.11. The summed E-state index contributed by atoms with van der Waals surface area (Å²) in [7, 11) is 0. The fourth-order valence-electron chi connectivity index (χ4n) is 4.85. The van der Waals surface area contributed by atoms with Gasteiger partial charge < -0.3 is 4.90 Å². The number of carbonyl (C=O) groups excluding carboxylic acids is 2. The molecule has 3 heteroatoms. The minimum atomic E-state index is -0.417. The van der Waals surface area contributed by atoms with E-state index in [0.717, 1.165) is 44.7 Å². The van der Waals surface area contributed by atoms with Gasteiger partial charge in [0.05, 0.1) is 5.41 Å². The van der Waals surface area contributed by atoms with Crippen molar-refractivity contribution in [3.05, 3.63) is 0 Å². The largest absolute Gasteiger partial charge is 0.342 e. The summed E-state index contributed by atoms with van der Waals surface area (Å²) in [6, 6.07) is 0. The first kappa shape index (κ1) is 14.1. The molecule has 0 aromatic rings. The monoisotopic (exact) mass is 277 g/mol. The summed E-state index contributed by atoms with van der Waals surface area (Å²) < 4.78 is 0. The topological polar surface area (TPSA) is 37.4 Å². The normalized spacial score (nSPS) is 40.4. The van der Waals surface area contributed by atoms with Gasteiger partial charge in [0.1, 0.15) is 5.78 Å². The molecule has 0 N–H and O–H groups in total. The van der Waals surface area contributed by atoms with E-state index in [1.807, 2.05) is 4.90 Å². The van der Waals surface area contributed by atoms with Crippen LogP contribution in [0.25, 0.3) is 0 Å². The average molecular weight is 277 g/mol. The molecule has 1 amide bonds. The summed E-state index contributed by atoms with van der Waals surface area (Å²) in [6.45, 7) is 10.4. The molecule has 112 valence electrons. The SMILES string of the molecule is CC1CCN(C(=O)C23CCC(C)(C(=O)C2)C3(C)C)CC1. The summed E-state index contributed by atoms with van der Waals surface area (Å²) in [5.74, 6) is 1.31. The number of nitrogens with zero attached hydrogens (tertiary/aromatic N) is 1. The second-order valence-corrected chi connectivity index (χ2v) is 8.11. The standard InChI is InChI=1S/C17H27NO2/c1-12-5-9-18(10-6-12)14(20)17-8-7-16(4,13(19)11-17)15(17,2)3/h12H,5-11H2,1-4H3. The predicted molar refractivity (Wildman–Crippen MR) is 78.2 cm³/mol. The Kier molecular flexibility index (Phi) is 2.88. The smallest absolute Gasteiger partial charge is 0.229 e. The lowest BCUT2D eigenvalue weighted by Crippen LogP contribution is -2.50. The van der Waals surface area contributed by atoms with E-state index >= 15 is 0 Å². The third-order valence-electron chi connectivity index (χ3n) is 7.19. The zero-order chi connectivity index (χ0) is 14.8. The van der Waals surface area contributed by atoms with Crippen molar-refractivity contribution in [2.45, 2.75) is 59.8 Å². The molecule has 1 aliphatic heterocycles. The molecule has 3 fully saturated rings. The first-order chi connectivity index (χ1) is 9.24. The zero-order valence-corrected chi connectivity index (χ0v) is 13.3.